The number of rotatable bonds is 10. The highest BCUT2D eigenvalue weighted by atomic mass is 127. The van der Waals surface area contributed by atoms with Gasteiger partial charge < -0.3 is 20.7 Å². The lowest BCUT2D eigenvalue weighted by atomic mass is 9.92. The molecule has 0 aromatic heterocycles. The number of hydrogen-bond donors (Lipinski definition) is 3. The van der Waals surface area contributed by atoms with Gasteiger partial charge in [-0.3, -0.25) is 14.7 Å². The van der Waals surface area contributed by atoms with Crippen LogP contribution in [0, 0.1) is 5.41 Å². The molecule has 7 nitrogen and oxygen atoms in total. The number of halogens is 1. The van der Waals surface area contributed by atoms with Gasteiger partial charge in [0, 0.05) is 19.6 Å². The summed E-state index contributed by atoms with van der Waals surface area (Å²) in [6.07, 6.45) is 2.46. The molecule has 1 aliphatic heterocycles. The molecule has 0 bridgehead atoms. The van der Waals surface area contributed by atoms with Crippen molar-refractivity contribution in [1.82, 2.24) is 20.9 Å². The zero-order valence-corrected chi connectivity index (χ0v) is 22.0. The minimum Gasteiger partial charge on any atom is -0.497 e. The average Bonchev–Trinajstić information content (AvgIpc) is 3.27. The molecule has 0 radical (unpaired) electrons. The van der Waals surface area contributed by atoms with Crippen LogP contribution < -0.4 is 20.7 Å². The molecule has 1 atom stereocenters. The lowest BCUT2D eigenvalue weighted by molar-refractivity contribution is -0.128. The minimum atomic E-state index is -0.556. The number of methoxy groups -OCH3 is 1. The minimum absolute atomic E-state index is 0. The topological polar surface area (TPSA) is 78.0 Å². The van der Waals surface area contributed by atoms with E-state index in [0.717, 1.165) is 37.9 Å². The van der Waals surface area contributed by atoms with E-state index in [1.165, 1.54) is 18.4 Å². The van der Waals surface area contributed by atoms with Gasteiger partial charge in [-0.25, -0.2) is 0 Å². The quantitative estimate of drug-likeness (QED) is 0.239. The summed E-state index contributed by atoms with van der Waals surface area (Å²) < 4.78 is 5.44. The first-order valence-corrected chi connectivity index (χ1v) is 11.1. The predicted octanol–water partition coefficient (Wildman–Crippen LogP) is 3.17. The third-order valence-corrected chi connectivity index (χ3v) is 5.45. The highest BCUT2D eigenvalue weighted by Crippen LogP contribution is 2.27. The first kappa shape index (κ1) is 27.5. The van der Waals surface area contributed by atoms with E-state index in [2.05, 4.69) is 33.0 Å². The van der Waals surface area contributed by atoms with Crippen LogP contribution in [-0.2, 0) is 4.79 Å². The second-order valence-electron chi connectivity index (χ2n) is 8.35. The molecular weight excluding hydrogens is 505 g/mol. The van der Waals surface area contributed by atoms with Gasteiger partial charge in [0.15, 0.2) is 5.96 Å². The number of nitrogens with one attached hydrogen (secondary N) is 3. The lowest BCUT2D eigenvalue weighted by Gasteiger charge is -2.29. The first-order chi connectivity index (χ1) is 14.4. The van der Waals surface area contributed by atoms with Crippen LogP contribution >= 0.6 is 24.0 Å². The number of carbonyl (C=O) groups is 1. The number of hydrogen-bond acceptors (Lipinski definition) is 4. The molecule has 1 heterocycles. The van der Waals surface area contributed by atoms with Crippen molar-refractivity contribution in [1.29, 1.82) is 0 Å². The zero-order chi connectivity index (χ0) is 22.0. The fourth-order valence-electron chi connectivity index (χ4n) is 3.64. The molecule has 8 heteroatoms. The maximum absolute atomic E-state index is 12.3. The molecule has 0 spiro atoms. The van der Waals surface area contributed by atoms with E-state index < -0.39 is 5.41 Å². The number of ether oxygens (including phenoxy) is 1. The highest BCUT2D eigenvalue weighted by Gasteiger charge is 2.27. The Hall–Kier alpha value is -1.55. The number of likely N-dealkylation sites (tertiary alicyclic amines) is 1. The SMILES string of the molecule is CCNC(=O)C(C)(C)CN=C(NCC)NCC(c1cccc(OC)c1)N1CCCC1.I. The maximum Gasteiger partial charge on any atom is 0.227 e. The summed E-state index contributed by atoms with van der Waals surface area (Å²) in [5, 5.41) is 9.71. The summed E-state index contributed by atoms with van der Waals surface area (Å²) in [7, 11) is 1.70. The smallest absolute Gasteiger partial charge is 0.227 e. The largest absolute Gasteiger partial charge is 0.497 e. The summed E-state index contributed by atoms with van der Waals surface area (Å²) >= 11 is 0. The number of guanidine groups is 1. The van der Waals surface area contributed by atoms with Gasteiger partial charge in [-0.2, -0.15) is 0 Å². The van der Waals surface area contributed by atoms with Crippen LogP contribution in [0.4, 0.5) is 0 Å². The van der Waals surface area contributed by atoms with Crippen molar-refractivity contribution in [2.45, 2.75) is 46.6 Å². The molecule has 0 aliphatic carbocycles. The fraction of sp³-hybridized carbons (Fsp3) is 0.652. The van der Waals surface area contributed by atoms with Crippen molar-refractivity contribution in [3.63, 3.8) is 0 Å². The van der Waals surface area contributed by atoms with Crippen molar-refractivity contribution in [3.05, 3.63) is 29.8 Å². The van der Waals surface area contributed by atoms with Crippen LogP contribution in [0.15, 0.2) is 29.3 Å². The highest BCUT2D eigenvalue weighted by molar-refractivity contribution is 14.0. The molecule has 3 N–H and O–H groups in total. The summed E-state index contributed by atoms with van der Waals surface area (Å²) in [5.41, 5.74) is 0.682. The number of benzene rings is 1. The molecular formula is C23H40IN5O2. The van der Waals surface area contributed by atoms with E-state index in [1.807, 2.05) is 39.8 Å². The standard InChI is InChI=1S/C23H39N5O2.HI/c1-6-24-21(29)23(3,4)17-27-22(25-7-2)26-16-20(28-13-8-9-14-28)18-11-10-12-19(15-18)30-5;/h10-12,15,20H,6-9,13-14,16-17H2,1-5H3,(H,24,29)(H2,25,26,27);1H. The normalized spacial score (nSPS) is 15.7. The summed E-state index contributed by atoms with van der Waals surface area (Å²) in [6, 6.07) is 8.55. The summed E-state index contributed by atoms with van der Waals surface area (Å²) in [5.74, 6) is 1.64. The van der Waals surface area contributed by atoms with Crippen LogP contribution in [-0.4, -0.2) is 63.1 Å². The molecule has 176 valence electrons. The molecule has 1 amide bonds. The van der Waals surface area contributed by atoms with Crippen molar-refractivity contribution in [2.24, 2.45) is 10.4 Å². The fourth-order valence-corrected chi connectivity index (χ4v) is 3.64. The van der Waals surface area contributed by atoms with Crippen LogP contribution in [0.2, 0.25) is 0 Å². The van der Waals surface area contributed by atoms with E-state index in [9.17, 15) is 4.79 Å². The maximum atomic E-state index is 12.3. The van der Waals surface area contributed by atoms with E-state index in [1.54, 1.807) is 7.11 Å². The van der Waals surface area contributed by atoms with Crippen LogP contribution in [0.3, 0.4) is 0 Å². The van der Waals surface area contributed by atoms with Crippen molar-refractivity contribution in [3.8, 4) is 5.75 Å². The van der Waals surface area contributed by atoms with Gasteiger partial charge >= 0.3 is 0 Å². The Bertz CT molecular complexity index is 705. The molecule has 1 aromatic carbocycles. The predicted molar refractivity (Wildman–Crippen MR) is 138 cm³/mol. The van der Waals surface area contributed by atoms with Crippen LogP contribution in [0.5, 0.6) is 5.75 Å². The lowest BCUT2D eigenvalue weighted by Crippen LogP contribution is -2.44. The second kappa shape index (κ2) is 13.8. The van der Waals surface area contributed by atoms with Crippen LogP contribution in [0.1, 0.15) is 52.1 Å². The number of amides is 1. The van der Waals surface area contributed by atoms with E-state index >= 15 is 0 Å². The molecule has 1 aliphatic rings. The molecule has 1 saturated heterocycles. The Morgan fingerprint density at radius 1 is 1.16 bits per heavy atom. The third-order valence-electron chi connectivity index (χ3n) is 5.45. The van der Waals surface area contributed by atoms with E-state index in [4.69, 9.17) is 9.73 Å². The Labute approximate surface area is 204 Å². The molecule has 0 saturated carbocycles. The third kappa shape index (κ3) is 8.48. The summed E-state index contributed by atoms with van der Waals surface area (Å²) in [4.78, 5) is 19.5. The van der Waals surface area contributed by atoms with Crippen molar-refractivity contribution >= 4 is 35.8 Å². The van der Waals surface area contributed by atoms with Gasteiger partial charge in [-0.1, -0.05) is 12.1 Å². The van der Waals surface area contributed by atoms with Gasteiger partial charge in [0.1, 0.15) is 5.75 Å². The Morgan fingerprint density at radius 2 is 1.84 bits per heavy atom. The number of aliphatic imine (C=N–C) groups is 1. The van der Waals surface area contributed by atoms with E-state index in [0.29, 0.717) is 13.1 Å². The van der Waals surface area contributed by atoms with Gasteiger partial charge in [0.25, 0.3) is 0 Å². The van der Waals surface area contributed by atoms with Crippen molar-refractivity contribution < 1.29 is 9.53 Å². The van der Waals surface area contributed by atoms with E-state index in [-0.39, 0.29) is 35.9 Å². The Morgan fingerprint density at radius 3 is 2.45 bits per heavy atom. The molecule has 2 rings (SSSR count). The first-order valence-electron chi connectivity index (χ1n) is 11.1. The van der Waals surface area contributed by atoms with Gasteiger partial charge in [-0.15, -0.1) is 24.0 Å². The summed E-state index contributed by atoms with van der Waals surface area (Å²) in [6.45, 7) is 12.6. The molecule has 1 unspecified atom stereocenters. The van der Waals surface area contributed by atoms with Crippen molar-refractivity contribution in [2.75, 3.05) is 46.4 Å². The van der Waals surface area contributed by atoms with Gasteiger partial charge in [0.2, 0.25) is 5.91 Å². The van der Waals surface area contributed by atoms with Gasteiger partial charge in [0.05, 0.1) is 25.1 Å². The average molecular weight is 546 g/mol. The Balaban J connectivity index is 0.00000480. The second-order valence-corrected chi connectivity index (χ2v) is 8.35. The molecule has 1 aromatic rings. The molecule has 1 fully saturated rings. The molecule has 31 heavy (non-hydrogen) atoms. The van der Waals surface area contributed by atoms with Gasteiger partial charge in [-0.05, 0) is 71.3 Å². The monoisotopic (exact) mass is 545 g/mol. The zero-order valence-electron chi connectivity index (χ0n) is 19.7. The number of carbonyl (C=O) groups excluding carboxylic acids is 1. The van der Waals surface area contributed by atoms with Crippen LogP contribution in [0.25, 0.3) is 0 Å². The number of nitrogens with zero attached hydrogens (tertiary/aromatic N) is 2. The Kier molecular flexibility index (Phi) is 12.2.